The molecule has 1 heterocycles. The molecule has 1 nitrogen and oxygen atoms in total. The molecule has 0 atom stereocenters. The lowest BCUT2D eigenvalue weighted by Crippen LogP contribution is -2.29. The van der Waals surface area contributed by atoms with Crippen molar-refractivity contribution in [3.8, 4) is 0 Å². The number of unbranched alkanes of at least 4 members (excludes halogenated alkanes) is 3. The molecule has 1 aliphatic heterocycles. The second kappa shape index (κ2) is 8.72. The van der Waals surface area contributed by atoms with Gasteiger partial charge in [0.25, 0.3) is 0 Å². The molecule has 0 unspecified atom stereocenters. The predicted molar refractivity (Wildman–Crippen MR) is 68.1 cm³/mol. The highest BCUT2D eigenvalue weighted by Gasteiger charge is 2.06. The number of nitrogens with zero attached hydrogens (tertiary/aromatic N) is 1. The van der Waals surface area contributed by atoms with Gasteiger partial charge in [-0.1, -0.05) is 24.6 Å². The van der Waals surface area contributed by atoms with Gasteiger partial charge in [0.15, 0.2) is 0 Å². The summed E-state index contributed by atoms with van der Waals surface area (Å²) in [6, 6.07) is 0. The second-order valence-corrected chi connectivity index (χ2v) is 4.41. The van der Waals surface area contributed by atoms with Crippen LogP contribution < -0.4 is 0 Å². The van der Waals surface area contributed by atoms with Crippen molar-refractivity contribution >= 4 is 0 Å². The summed E-state index contributed by atoms with van der Waals surface area (Å²) in [6.07, 6.45) is 15.9. The van der Waals surface area contributed by atoms with E-state index in [-0.39, 0.29) is 0 Å². The summed E-state index contributed by atoms with van der Waals surface area (Å²) in [7, 11) is 0. The molecule has 1 heteroatoms. The Morgan fingerprint density at radius 1 is 0.933 bits per heavy atom. The van der Waals surface area contributed by atoms with Gasteiger partial charge in [-0.15, -0.1) is 6.58 Å². The molecular formula is C14H25N. The van der Waals surface area contributed by atoms with E-state index in [1.54, 1.807) is 0 Å². The lowest BCUT2D eigenvalue weighted by atomic mass is 10.1. The van der Waals surface area contributed by atoms with Crippen LogP contribution in [0.15, 0.2) is 24.8 Å². The lowest BCUT2D eigenvalue weighted by molar-refractivity contribution is 0.251. The van der Waals surface area contributed by atoms with Gasteiger partial charge in [0.2, 0.25) is 0 Å². The van der Waals surface area contributed by atoms with Crippen LogP contribution in [0.2, 0.25) is 0 Å². The first-order valence-electron chi connectivity index (χ1n) is 6.42. The Kier molecular flexibility index (Phi) is 7.28. The highest BCUT2D eigenvalue weighted by Crippen LogP contribution is 2.08. The number of piperidine rings is 1. The van der Waals surface area contributed by atoms with Gasteiger partial charge >= 0.3 is 0 Å². The van der Waals surface area contributed by atoms with Gasteiger partial charge in [-0.05, 0) is 51.6 Å². The second-order valence-electron chi connectivity index (χ2n) is 4.41. The van der Waals surface area contributed by atoms with Gasteiger partial charge in [-0.2, -0.15) is 0 Å². The van der Waals surface area contributed by atoms with E-state index in [0.29, 0.717) is 0 Å². The van der Waals surface area contributed by atoms with Crippen LogP contribution >= 0.6 is 0 Å². The first-order valence-corrected chi connectivity index (χ1v) is 6.42. The van der Waals surface area contributed by atoms with E-state index >= 15 is 0 Å². The van der Waals surface area contributed by atoms with Gasteiger partial charge in [-0.3, -0.25) is 4.90 Å². The van der Waals surface area contributed by atoms with Gasteiger partial charge in [-0.25, -0.2) is 0 Å². The van der Waals surface area contributed by atoms with E-state index in [4.69, 9.17) is 0 Å². The Morgan fingerprint density at radius 2 is 1.67 bits per heavy atom. The topological polar surface area (TPSA) is 3.24 Å². The van der Waals surface area contributed by atoms with E-state index in [9.17, 15) is 0 Å². The molecule has 0 saturated carbocycles. The summed E-state index contributed by atoms with van der Waals surface area (Å²) in [6.45, 7) is 7.51. The minimum Gasteiger partial charge on any atom is -0.300 e. The zero-order chi connectivity index (χ0) is 10.8. The van der Waals surface area contributed by atoms with E-state index in [0.717, 1.165) is 0 Å². The van der Waals surface area contributed by atoms with Crippen LogP contribution in [0.3, 0.4) is 0 Å². The Balaban J connectivity index is 1.93. The van der Waals surface area contributed by atoms with Gasteiger partial charge in [0.1, 0.15) is 0 Å². The van der Waals surface area contributed by atoms with Crippen LogP contribution in [-0.2, 0) is 0 Å². The van der Waals surface area contributed by atoms with E-state index in [1.165, 1.54) is 64.6 Å². The zero-order valence-electron chi connectivity index (χ0n) is 9.96. The average molecular weight is 207 g/mol. The monoisotopic (exact) mass is 207 g/mol. The summed E-state index contributed by atoms with van der Waals surface area (Å²) in [5, 5.41) is 0. The average Bonchev–Trinajstić information content (AvgIpc) is 2.29. The van der Waals surface area contributed by atoms with Crippen LogP contribution in [0.4, 0.5) is 0 Å². The number of allylic oxidation sites excluding steroid dienone is 2. The van der Waals surface area contributed by atoms with Crippen molar-refractivity contribution in [1.29, 1.82) is 0 Å². The third-order valence-electron chi connectivity index (χ3n) is 3.01. The number of hydrogen-bond acceptors (Lipinski definition) is 1. The first-order chi connectivity index (χ1) is 7.43. The van der Waals surface area contributed by atoms with E-state index < -0.39 is 0 Å². The minimum atomic E-state index is 1.17. The van der Waals surface area contributed by atoms with Crippen molar-refractivity contribution in [2.45, 2.75) is 44.9 Å². The fraction of sp³-hybridized carbons (Fsp3) is 0.714. The van der Waals surface area contributed by atoms with Crippen molar-refractivity contribution in [2.24, 2.45) is 0 Å². The quantitative estimate of drug-likeness (QED) is 0.453. The molecule has 0 spiro atoms. The molecule has 86 valence electrons. The number of likely N-dealkylation sites (tertiary alicyclic amines) is 1. The standard InChI is InChI=1S/C14H25N/c1-2-3-4-5-6-7-9-12-15-13-10-8-11-14-15/h2,7,9H,1,3-6,8,10-14H2. The van der Waals surface area contributed by atoms with E-state index in [1.807, 2.05) is 6.08 Å². The maximum atomic E-state index is 3.73. The molecule has 0 bridgehead atoms. The highest BCUT2D eigenvalue weighted by atomic mass is 15.1. The van der Waals surface area contributed by atoms with Crippen molar-refractivity contribution in [3.63, 3.8) is 0 Å². The van der Waals surface area contributed by atoms with Gasteiger partial charge < -0.3 is 0 Å². The van der Waals surface area contributed by atoms with Crippen LogP contribution in [0.5, 0.6) is 0 Å². The Bertz CT molecular complexity index is 178. The Morgan fingerprint density at radius 3 is 2.40 bits per heavy atom. The van der Waals surface area contributed by atoms with Crippen molar-refractivity contribution in [2.75, 3.05) is 19.6 Å². The van der Waals surface area contributed by atoms with Crippen molar-refractivity contribution in [3.05, 3.63) is 24.8 Å². The van der Waals surface area contributed by atoms with E-state index in [2.05, 4.69) is 23.6 Å². The molecule has 1 rings (SSSR count). The van der Waals surface area contributed by atoms with Gasteiger partial charge in [0, 0.05) is 6.54 Å². The third kappa shape index (κ3) is 6.51. The number of rotatable bonds is 7. The summed E-state index contributed by atoms with van der Waals surface area (Å²) in [5.74, 6) is 0. The van der Waals surface area contributed by atoms with Crippen LogP contribution in [-0.4, -0.2) is 24.5 Å². The van der Waals surface area contributed by atoms with Crippen LogP contribution in [0.1, 0.15) is 44.9 Å². The zero-order valence-corrected chi connectivity index (χ0v) is 9.96. The lowest BCUT2D eigenvalue weighted by Gasteiger charge is -2.24. The Hall–Kier alpha value is -0.560. The fourth-order valence-corrected chi connectivity index (χ4v) is 2.03. The predicted octanol–water partition coefficient (Wildman–Crippen LogP) is 3.77. The molecule has 1 aliphatic rings. The van der Waals surface area contributed by atoms with Crippen molar-refractivity contribution in [1.82, 2.24) is 4.90 Å². The van der Waals surface area contributed by atoms with Crippen LogP contribution in [0.25, 0.3) is 0 Å². The largest absolute Gasteiger partial charge is 0.300 e. The van der Waals surface area contributed by atoms with Crippen molar-refractivity contribution < 1.29 is 0 Å². The molecule has 0 aliphatic carbocycles. The number of hydrogen-bond donors (Lipinski definition) is 0. The summed E-state index contributed by atoms with van der Waals surface area (Å²) < 4.78 is 0. The summed E-state index contributed by atoms with van der Waals surface area (Å²) >= 11 is 0. The molecule has 1 saturated heterocycles. The minimum absolute atomic E-state index is 1.17. The maximum absolute atomic E-state index is 3.73. The molecule has 1 fully saturated rings. The normalized spacial score (nSPS) is 18.4. The summed E-state index contributed by atoms with van der Waals surface area (Å²) in [4.78, 5) is 2.56. The molecule has 0 radical (unpaired) electrons. The maximum Gasteiger partial charge on any atom is 0.0163 e. The smallest absolute Gasteiger partial charge is 0.0163 e. The first kappa shape index (κ1) is 12.5. The molecular weight excluding hydrogens is 182 g/mol. The molecule has 15 heavy (non-hydrogen) atoms. The summed E-state index contributed by atoms with van der Waals surface area (Å²) in [5.41, 5.74) is 0. The molecule has 0 aromatic carbocycles. The molecule has 0 amide bonds. The fourth-order valence-electron chi connectivity index (χ4n) is 2.03. The molecule has 0 aromatic heterocycles. The van der Waals surface area contributed by atoms with Gasteiger partial charge in [0.05, 0.1) is 0 Å². The molecule has 0 N–H and O–H groups in total. The van der Waals surface area contributed by atoms with Crippen LogP contribution in [0, 0.1) is 0 Å². The third-order valence-corrected chi connectivity index (χ3v) is 3.01. The highest BCUT2D eigenvalue weighted by molar-refractivity contribution is 4.85. The molecule has 0 aromatic rings. The SMILES string of the molecule is C=CCCCCC=CCN1CCCCC1. The Labute approximate surface area is 94.9 Å².